The van der Waals surface area contributed by atoms with Crippen molar-refractivity contribution in [1.29, 1.82) is 0 Å². The van der Waals surface area contributed by atoms with Crippen LogP contribution >= 0.6 is 0 Å². The largest absolute Gasteiger partial charge is 0.490 e. The fourth-order valence-corrected chi connectivity index (χ4v) is 2.75. The molecule has 1 heterocycles. The summed E-state index contributed by atoms with van der Waals surface area (Å²) in [5.74, 6) is 2.24. The van der Waals surface area contributed by atoms with Crippen LogP contribution in [0.5, 0.6) is 5.75 Å². The molecule has 26 heavy (non-hydrogen) atoms. The first-order chi connectivity index (χ1) is 12.5. The third kappa shape index (κ3) is 6.43. The zero-order chi connectivity index (χ0) is 18.9. The minimum atomic E-state index is 0.181. The van der Waals surface area contributed by atoms with E-state index in [2.05, 4.69) is 66.7 Å². The normalized spacial score (nSPS) is 12.9. The summed E-state index contributed by atoms with van der Waals surface area (Å²) < 4.78 is 11.0. The summed E-state index contributed by atoms with van der Waals surface area (Å²) in [6, 6.07) is 8.12. The number of guanidine groups is 1. The van der Waals surface area contributed by atoms with E-state index >= 15 is 0 Å². The van der Waals surface area contributed by atoms with Crippen molar-refractivity contribution in [2.45, 2.75) is 53.3 Å². The van der Waals surface area contributed by atoms with Gasteiger partial charge in [-0.15, -0.1) is 0 Å². The lowest BCUT2D eigenvalue weighted by molar-refractivity contribution is 0.191. The van der Waals surface area contributed by atoms with Crippen LogP contribution in [0.2, 0.25) is 0 Å². The molecule has 2 N–H and O–H groups in total. The third-order valence-electron chi connectivity index (χ3n) is 3.95. The van der Waals surface area contributed by atoms with E-state index in [0.717, 1.165) is 23.4 Å². The second-order valence-electron chi connectivity index (χ2n) is 6.94. The molecule has 0 saturated carbocycles. The summed E-state index contributed by atoms with van der Waals surface area (Å²) in [5, 5.41) is 10.4. The number of rotatable bonds is 8. The minimum absolute atomic E-state index is 0.181. The smallest absolute Gasteiger partial charge is 0.191 e. The van der Waals surface area contributed by atoms with E-state index < -0.39 is 0 Å². The molecular weight excluding hydrogens is 328 g/mol. The third-order valence-corrected chi connectivity index (χ3v) is 3.95. The van der Waals surface area contributed by atoms with E-state index in [9.17, 15) is 0 Å². The minimum Gasteiger partial charge on any atom is -0.490 e. The molecule has 0 radical (unpaired) electrons. The van der Waals surface area contributed by atoms with Crippen LogP contribution in [0, 0.1) is 12.8 Å². The van der Waals surface area contributed by atoms with Crippen molar-refractivity contribution in [2.24, 2.45) is 10.9 Å². The maximum atomic E-state index is 6.20. The Morgan fingerprint density at radius 1 is 1.19 bits per heavy atom. The molecule has 0 saturated heterocycles. The Labute approximate surface area is 156 Å². The Morgan fingerprint density at radius 3 is 2.62 bits per heavy atom. The molecule has 0 bridgehead atoms. The highest BCUT2D eigenvalue weighted by atomic mass is 16.5. The Kier molecular flexibility index (Phi) is 7.51. The van der Waals surface area contributed by atoms with E-state index in [1.807, 2.05) is 6.07 Å². The quantitative estimate of drug-likeness (QED) is 0.556. The van der Waals surface area contributed by atoms with Gasteiger partial charge in [-0.1, -0.05) is 31.1 Å². The van der Waals surface area contributed by atoms with Gasteiger partial charge in [-0.25, -0.2) is 0 Å². The monoisotopic (exact) mass is 358 g/mol. The number of aryl methyl sites for hydroxylation is 1. The van der Waals surface area contributed by atoms with Gasteiger partial charge >= 0.3 is 0 Å². The molecule has 0 aliphatic rings. The topological polar surface area (TPSA) is 71.7 Å². The van der Waals surface area contributed by atoms with Gasteiger partial charge in [0.1, 0.15) is 17.7 Å². The molecule has 2 rings (SSSR count). The van der Waals surface area contributed by atoms with Gasteiger partial charge in [0.2, 0.25) is 0 Å². The first kappa shape index (κ1) is 19.8. The zero-order valence-electron chi connectivity index (χ0n) is 16.4. The molecule has 0 fully saturated rings. The highest BCUT2D eigenvalue weighted by molar-refractivity contribution is 5.79. The first-order valence-electron chi connectivity index (χ1n) is 9.08. The number of nitrogens with zero attached hydrogens (tertiary/aromatic N) is 2. The number of nitrogens with one attached hydrogen (secondary N) is 2. The lowest BCUT2D eigenvalue weighted by atomic mass is 10.1. The lowest BCUT2D eigenvalue weighted by Crippen LogP contribution is -2.36. The van der Waals surface area contributed by atoms with Gasteiger partial charge in [0.25, 0.3) is 0 Å². The van der Waals surface area contributed by atoms with Crippen LogP contribution in [0.15, 0.2) is 40.0 Å². The van der Waals surface area contributed by atoms with E-state index in [0.29, 0.717) is 25.0 Å². The van der Waals surface area contributed by atoms with Gasteiger partial charge in [-0.05, 0) is 37.8 Å². The summed E-state index contributed by atoms with van der Waals surface area (Å²) in [7, 11) is 1.75. The average Bonchev–Trinajstić information content (AvgIpc) is 3.09. The van der Waals surface area contributed by atoms with Gasteiger partial charge in [-0.2, -0.15) is 0 Å². The van der Waals surface area contributed by atoms with Crippen LogP contribution < -0.4 is 15.4 Å². The molecule has 0 amide bonds. The van der Waals surface area contributed by atoms with Gasteiger partial charge < -0.3 is 19.9 Å². The van der Waals surface area contributed by atoms with E-state index in [1.165, 1.54) is 5.56 Å². The van der Waals surface area contributed by atoms with Crippen molar-refractivity contribution < 1.29 is 9.26 Å². The summed E-state index contributed by atoms with van der Waals surface area (Å²) >= 11 is 0. The van der Waals surface area contributed by atoms with Crippen molar-refractivity contribution in [2.75, 3.05) is 7.05 Å². The van der Waals surface area contributed by atoms with Crippen LogP contribution in [-0.4, -0.2) is 24.3 Å². The lowest BCUT2D eigenvalue weighted by Gasteiger charge is -2.20. The average molecular weight is 358 g/mol. The number of hydrogen-bond donors (Lipinski definition) is 2. The molecule has 1 aromatic carbocycles. The molecular formula is C20H30N4O2. The van der Waals surface area contributed by atoms with Gasteiger partial charge in [0.15, 0.2) is 5.96 Å². The second-order valence-corrected chi connectivity index (χ2v) is 6.94. The number of ether oxygens (including phenoxy) is 1. The molecule has 1 unspecified atom stereocenters. The maximum absolute atomic E-state index is 6.20. The highest BCUT2D eigenvalue weighted by Gasteiger charge is 2.11. The van der Waals surface area contributed by atoms with E-state index in [1.54, 1.807) is 13.3 Å². The van der Waals surface area contributed by atoms with Crippen molar-refractivity contribution in [3.63, 3.8) is 0 Å². The predicted molar refractivity (Wildman–Crippen MR) is 104 cm³/mol. The van der Waals surface area contributed by atoms with Gasteiger partial charge in [0, 0.05) is 25.2 Å². The zero-order valence-corrected chi connectivity index (χ0v) is 16.4. The summed E-state index contributed by atoms with van der Waals surface area (Å²) in [6.45, 7) is 9.81. The maximum Gasteiger partial charge on any atom is 0.191 e. The molecule has 0 aliphatic heterocycles. The summed E-state index contributed by atoms with van der Waals surface area (Å²) in [5.41, 5.74) is 3.12. The second kappa shape index (κ2) is 9.85. The molecule has 142 valence electrons. The Hall–Kier alpha value is -2.50. The molecule has 1 atom stereocenters. The standard InChI is InChI=1S/C20H30N4O2/c1-14(2)10-16(4)26-19-11-15(3)6-7-17(19)12-22-20(21-5)23-13-18-8-9-25-24-18/h6-9,11,14,16H,10,12-13H2,1-5H3,(H2,21,22,23). The molecule has 6 heteroatoms. The van der Waals surface area contributed by atoms with E-state index in [-0.39, 0.29) is 6.10 Å². The number of hydrogen-bond acceptors (Lipinski definition) is 4. The van der Waals surface area contributed by atoms with Crippen LogP contribution in [0.3, 0.4) is 0 Å². The van der Waals surface area contributed by atoms with E-state index in [4.69, 9.17) is 9.26 Å². The molecule has 1 aromatic heterocycles. The predicted octanol–water partition coefficient (Wildman–Crippen LogP) is 3.66. The first-order valence-corrected chi connectivity index (χ1v) is 9.08. The molecule has 6 nitrogen and oxygen atoms in total. The van der Waals surface area contributed by atoms with Crippen LogP contribution in [0.25, 0.3) is 0 Å². The van der Waals surface area contributed by atoms with Gasteiger partial charge in [0.05, 0.1) is 12.6 Å². The fraction of sp³-hybridized carbons (Fsp3) is 0.500. The number of benzene rings is 1. The highest BCUT2D eigenvalue weighted by Crippen LogP contribution is 2.23. The SMILES string of the molecule is CN=C(NCc1ccon1)NCc1ccc(C)cc1OC(C)CC(C)C. The van der Waals surface area contributed by atoms with Crippen molar-refractivity contribution >= 4 is 5.96 Å². The van der Waals surface area contributed by atoms with Crippen molar-refractivity contribution in [3.05, 3.63) is 47.3 Å². The summed E-state index contributed by atoms with van der Waals surface area (Å²) in [6.07, 6.45) is 2.77. The number of aromatic nitrogens is 1. The van der Waals surface area contributed by atoms with Crippen molar-refractivity contribution in [1.82, 2.24) is 15.8 Å². The van der Waals surface area contributed by atoms with Crippen LogP contribution in [0.1, 0.15) is 44.0 Å². The fourth-order valence-electron chi connectivity index (χ4n) is 2.75. The Morgan fingerprint density at radius 2 is 1.96 bits per heavy atom. The van der Waals surface area contributed by atoms with Crippen LogP contribution in [-0.2, 0) is 13.1 Å². The molecule has 2 aromatic rings. The van der Waals surface area contributed by atoms with Gasteiger partial charge in [-0.3, -0.25) is 4.99 Å². The Bertz CT molecular complexity index is 696. The summed E-state index contributed by atoms with van der Waals surface area (Å²) in [4.78, 5) is 4.25. The van der Waals surface area contributed by atoms with Crippen molar-refractivity contribution in [3.8, 4) is 5.75 Å². The Balaban J connectivity index is 1.96. The van der Waals surface area contributed by atoms with Crippen LogP contribution in [0.4, 0.5) is 0 Å². The molecule has 0 spiro atoms. The molecule has 0 aliphatic carbocycles. The number of aliphatic imine (C=N–C) groups is 1.